The molecule has 1 unspecified atom stereocenters. The number of esters is 1. The highest BCUT2D eigenvalue weighted by Gasteiger charge is 2.46. The molecule has 166 valence electrons. The molecule has 8 heteroatoms. The Kier molecular flexibility index (Phi) is 7.13. The summed E-state index contributed by atoms with van der Waals surface area (Å²) in [5, 5.41) is 0. The average molecular weight is 421 g/mol. The van der Waals surface area contributed by atoms with Crippen LogP contribution in [0, 0.1) is 0 Å². The first-order valence-corrected chi connectivity index (χ1v) is 10.0. The van der Waals surface area contributed by atoms with Gasteiger partial charge in [0.2, 0.25) is 0 Å². The summed E-state index contributed by atoms with van der Waals surface area (Å²) in [6.07, 6.45) is -0.527. The third-order valence-corrected chi connectivity index (χ3v) is 4.74. The second-order valence-corrected chi connectivity index (χ2v) is 8.76. The van der Waals surface area contributed by atoms with E-state index in [1.54, 1.807) is 64.8 Å². The Labute approximate surface area is 178 Å². The van der Waals surface area contributed by atoms with Gasteiger partial charge in [-0.1, -0.05) is 6.07 Å². The third-order valence-electron chi connectivity index (χ3n) is 4.74. The summed E-state index contributed by atoms with van der Waals surface area (Å²) < 4.78 is 16.6. The van der Waals surface area contributed by atoms with E-state index >= 15 is 0 Å². The van der Waals surface area contributed by atoms with Gasteiger partial charge in [-0.3, -0.25) is 9.69 Å². The van der Waals surface area contributed by atoms with Crippen LogP contribution in [0.1, 0.15) is 62.3 Å². The molecule has 1 saturated heterocycles. The quantitative estimate of drug-likeness (QED) is 0.680. The van der Waals surface area contributed by atoms with E-state index in [0.29, 0.717) is 12.1 Å². The molecular weight excluding hydrogens is 388 g/mol. The van der Waals surface area contributed by atoms with Gasteiger partial charge in [-0.05, 0) is 59.7 Å². The lowest BCUT2D eigenvalue weighted by Crippen LogP contribution is -2.51. The van der Waals surface area contributed by atoms with Gasteiger partial charge in [0.1, 0.15) is 17.9 Å². The molecule has 0 aliphatic carbocycles. The lowest BCUT2D eigenvalue weighted by Gasteiger charge is -2.34. The van der Waals surface area contributed by atoms with Gasteiger partial charge in [-0.15, -0.1) is 0 Å². The van der Waals surface area contributed by atoms with Crippen molar-refractivity contribution in [3.63, 3.8) is 0 Å². The predicted octanol–water partition coefficient (Wildman–Crippen LogP) is 3.31. The number of carbonyl (C=O) groups excluding carboxylic acids is 3. The fourth-order valence-electron chi connectivity index (χ4n) is 3.08. The van der Waals surface area contributed by atoms with Crippen LogP contribution in [-0.2, 0) is 14.2 Å². The summed E-state index contributed by atoms with van der Waals surface area (Å²) in [7, 11) is 1.69. The van der Waals surface area contributed by atoms with Gasteiger partial charge >= 0.3 is 12.1 Å². The van der Waals surface area contributed by atoms with Crippen molar-refractivity contribution in [1.29, 1.82) is 0 Å². The minimum absolute atomic E-state index is 0.0471. The number of nitrogens with zero attached hydrogens (tertiary/aromatic N) is 2. The number of amides is 2. The first kappa shape index (κ1) is 23.7. The standard InChI is InChI=1S/C22H32N2O6/c1-8-23(7)18(25)15-10-9-11-16(12-15)19(26)28-13-17-14-29-22(5,6)24(17)20(27)30-21(2,3)4/h9-12,17H,8,13-14H2,1-7H3. The Hall–Kier alpha value is -2.61. The molecule has 0 aromatic heterocycles. The monoisotopic (exact) mass is 420 g/mol. The predicted molar refractivity (Wildman–Crippen MR) is 111 cm³/mol. The molecule has 0 bridgehead atoms. The summed E-state index contributed by atoms with van der Waals surface area (Å²) >= 11 is 0. The molecule has 2 rings (SSSR count). The van der Waals surface area contributed by atoms with E-state index in [4.69, 9.17) is 14.2 Å². The summed E-state index contributed by atoms with van der Waals surface area (Å²) in [6, 6.07) is 5.92. The third kappa shape index (κ3) is 5.72. The molecule has 1 atom stereocenters. The number of hydrogen-bond donors (Lipinski definition) is 0. The van der Waals surface area contributed by atoms with Crippen LogP contribution in [-0.4, -0.2) is 71.9 Å². The average Bonchev–Trinajstić information content (AvgIpc) is 2.97. The van der Waals surface area contributed by atoms with Crippen LogP contribution >= 0.6 is 0 Å². The van der Waals surface area contributed by atoms with Crippen molar-refractivity contribution in [2.45, 2.75) is 58.9 Å². The van der Waals surface area contributed by atoms with Gasteiger partial charge < -0.3 is 19.1 Å². The van der Waals surface area contributed by atoms with E-state index in [-0.39, 0.29) is 24.7 Å². The molecule has 1 fully saturated rings. The van der Waals surface area contributed by atoms with E-state index in [2.05, 4.69) is 0 Å². The number of rotatable bonds is 5. The van der Waals surface area contributed by atoms with Crippen molar-refractivity contribution in [2.24, 2.45) is 0 Å². The topological polar surface area (TPSA) is 85.4 Å². The Morgan fingerprint density at radius 2 is 1.87 bits per heavy atom. The van der Waals surface area contributed by atoms with Gasteiger partial charge in [0.15, 0.2) is 0 Å². The van der Waals surface area contributed by atoms with Gasteiger partial charge in [-0.2, -0.15) is 0 Å². The van der Waals surface area contributed by atoms with Gasteiger partial charge in [0.25, 0.3) is 5.91 Å². The molecule has 0 N–H and O–H groups in total. The molecule has 0 spiro atoms. The second-order valence-electron chi connectivity index (χ2n) is 8.76. The number of carbonyl (C=O) groups is 3. The maximum absolute atomic E-state index is 12.7. The van der Waals surface area contributed by atoms with Crippen LogP contribution in [0.5, 0.6) is 0 Å². The smallest absolute Gasteiger partial charge is 0.413 e. The van der Waals surface area contributed by atoms with Crippen molar-refractivity contribution >= 4 is 18.0 Å². The molecule has 1 aromatic rings. The first-order valence-electron chi connectivity index (χ1n) is 10.0. The van der Waals surface area contributed by atoms with E-state index in [0.717, 1.165) is 0 Å². The minimum atomic E-state index is -0.878. The number of ether oxygens (including phenoxy) is 3. The highest BCUT2D eigenvalue weighted by atomic mass is 16.6. The van der Waals surface area contributed by atoms with Crippen molar-refractivity contribution in [1.82, 2.24) is 9.80 Å². The van der Waals surface area contributed by atoms with E-state index in [1.165, 1.54) is 11.0 Å². The van der Waals surface area contributed by atoms with Crippen molar-refractivity contribution < 1.29 is 28.6 Å². The van der Waals surface area contributed by atoms with E-state index in [9.17, 15) is 14.4 Å². The molecule has 0 saturated carbocycles. The van der Waals surface area contributed by atoms with Crippen molar-refractivity contribution in [2.75, 3.05) is 26.8 Å². The van der Waals surface area contributed by atoms with Gasteiger partial charge in [0, 0.05) is 19.2 Å². The molecule has 30 heavy (non-hydrogen) atoms. The van der Waals surface area contributed by atoms with Crippen molar-refractivity contribution in [3.8, 4) is 0 Å². The van der Waals surface area contributed by atoms with Gasteiger partial charge in [0.05, 0.1) is 18.2 Å². The molecule has 2 amide bonds. The number of benzene rings is 1. The fraction of sp³-hybridized carbons (Fsp3) is 0.591. The van der Waals surface area contributed by atoms with E-state index < -0.39 is 29.4 Å². The maximum Gasteiger partial charge on any atom is 0.413 e. The van der Waals surface area contributed by atoms with Crippen LogP contribution in [0.2, 0.25) is 0 Å². The Morgan fingerprint density at radius 1 is 1.23 bits per heavy atom. The SMILES string of the molecule is CCN(C)C(=O)c1cccc(C(=O)OCC2COC(C)(C)N2C(=O)OC(C)(C)C)c1. The molecule has 1 aliphatic rings. The zero-order valence-corrected chi connectivity index (χ0v) is 18.9. The molecule has 1 aromatic carbocycles. The Morgan fingerprint density at radius 3 is 2.47 bits per heavy atom. The minimum Gasteiger partial charge on any atom is -0.460 e. The highest BCUT2D eigenvalue weighted by molar-refractivity contribution is 5.97. The number of hydrogen-bond acceptors (Lipinski definition) is 6. The highest BCUT2D eigenvalue weighted by Crippen LogP contribution is 2.29. The largest absolute Gasteiger partial charge is 0.460 e. The summed E-state index contributed by atoms with van der Waals surface area (Å²) in [5.74, 6) is -0.744. The van der Waals surface area contributed by atoms with Gasteiger partial charge in [-0.25, -0.2) is 9.59 Å². The summed E-state index contributed by atoms with van der Waals surface area (Å²) in [4.78, 5) is 40.6. The Bertz CT molecular complexity index is 799. The summed E-state index contributed by atoms with van der Waals surface area (Å²) in [6.45, 7) is 11.5. The zero-order chi connectivity index (χ0) is 22.7. The lowest BCUT2D eigenvalue weighted by molar-refractivity contribution is -0.0647. The van der Waals surface area contributed by atoms with Crippen LogP contribution in [0.4, 0.5) is 4.79 Å². The molecular formula is C22H32N2O6. The second kappa shape index (κ2) is 9.04. The molecule has 8 nitrogen and oxygen atoms in total. The molecule has 1 aliphatic heterocycles. The van der Waals surface area contributed by atoms with Crippen LogP contribution in [0.3, 0.4) is 0 Å². The molecule has 0 radical (unpaired) electrons. The Balaban J connectivity index is 2.08. The van der Waals surface area contributed by atoms with Crippen LogP contribution < -0.4 is 0 Å². The summed E-state index contributed by atoms with van der Waals surface area (Å²) in [5.41, 5.74) is -0.853. The maximum atomic E-state index is 12.7. The van der Waals surface area contributed by atoms with E-state index in [1.807, 2.05) is 6.92 Å². The van der Waals surface area contributed by atoms with Crippen LogP contribution in [0.15, 0.2) is 24.3 Å². The zero-order valence-electron chi connectivity index (χ0n) is 18.9. The normalized spacial score (nSPS) is 18.1. The van der Waals surface area contributed by atoms with Crippen LogP contribution in [0.25, 0.3) is 0 Å². The van der Waals surface area contributed by atoms with Crippen molar-refractivity contribution in [3.05, 3.63) is 35.4 Å². The first-order chi connectivity index (χ1) is 13.9. The molecule has 1 heterocycles. The fourth-order valence-corrected chi connectivity index (χ4v) is 3.08. The lowest BCUT2D eigenvalue weighted by atomic mass is 10.1.